The first-order valence-corrected chi connectivity index (χ1v) is 6.93. The number of aryl methyl sites for hydroxylation is 2. The van der Waals surface area contributed by atoms with Crippen molar-refractivity contribution in [2.45, 2.75) is 40.7 Å². The zero-order valence-corrected chi connectivity index (χ0v) is 12.6. The quantitative estimate of drug-likeness (QED) is 0.801. The third kappa shape index (κ3) is 4.35. The van der Waals surface area contributed by atoms with Gasteiger partial charge in [-0.15, -0.1) is 0 Å². The van der Waals surface area contributed by atoms with E-state index in [4.69, 9.17) is 4.74 Å². The Morgan fingerprint density at radius 2 is 1.84 bits per heavy atom. The fraction of sp³-hybridized carbons (Fsp3) is 0.562. The van der Waals surface area contributed by atoms with Crippen molar-refractivity contribution in [1.82, 2.24) is 5.32 Å². The van der Waals surface area contributed by atoms with Crippen LogP contribution in [-0.2, 0) is 9.53 Å². The standard InChI is InChI=1S/C16H25NO2/c1-6-19-16(18)15(17-10-11(2)3)14-12(4)8-7-9-13(14)5/h7-9,11,15,17H,6,10H2,1-5H3. The van der Waals surface area contributed by atoms with E-state index in [9.17, 15) is 4.79 Å². The van der Waals surface area contributed by atoms with Crippen molar-refractivity contribution >= 4 is 5.97 Å². The van der Waals surface area contributed by atoms with Crippen molar-refractivity contribution in [2.75, 3.05) is 13.2 Å². The lowest BCUT2D eigenvalue weighted by Crippen LogP contribution is -2.33. The molecule has 0 aliphatic rings. The second-order valence-corrected chi connectivity index (χ2v) is 5.29. The van der Waals surface area contributed by atoms with Gasteiger partial charge in [-0.2, -0.15) is 0 Å². The van der Waals surface area contributed by atoms with Crippen LogP contribution in [0.3, 0.4) is 0 Å². The number of esters is 1. The Morgan fingerprint density at radius 3 is 2.32 bits per heavy atom. The lowest BCUT2D eigenvalue weighted by molar-refractivity contribution is -0.145. The Morgan fingerprint density at radius 1 is 1.26 bits per heavy atom. The number of carbonyl (C=O) groups is 1. The number of carbonyl (C=O) groups excluding carboxylic acids is 1. The van der Waals surface area contributed by atoms with Gasteiger partial charge in [0.15, 0.2) is 0 Å². The van der Waals surface area contributed by atoms with E-state index in [0.29, 0.717) is 12.5 Å². The molecule has 0 radical (unpaired) electrons. The molecule has 0 saturated carbocycles. The molecule has 1 rings (SSSR count). The molecule has 0 spiro atoms. The molecule has 0 aliphatic carbocycles. The number of ether oxygens (including phenoxy) is 1. The van der Waals surface area contributed by atoms with Crippen LogP contribution in [0.4, 0.5) is 0 Å². The van der Waals surface area contributed by atoms with Crippen LogP contribution in [0, 0.1) is 19.8 Å². The largest absolute Gasteiger partial charge is 0.465 e. The fourth-order valence-corrected chi connectivity index (χ4v) is 2.17. The molecule has 1 N–H and O–H groups in total. The third-order valence-corrected chi connectivity index (χ3v) is 3.08. The topological polar surface area (TPSA) is 38.3 Å². The summed E-state index contributed by atoms with van der Waals surface area (Å²) in [6.07, 6.45) is 0. The maximum atomic E-state index is 12.2. The van der Waals surface area contributed by atoms with Crippen LogP contribution in [0.15, 0.2) is 18.2 Å². The highest BCUT2D eigenvalue weighted by Gasteiger charge is 2.24. The van der Waals surface area contributed by atoms with E-state index < -0.39 is 0 Å². The van der Waals surface area contributed by atoms with Crippen LogP contribution < -0.4 is 5.32 Å². The average Bonchev–Trinajstić information content (AvgIpc) is 2.32. The zero-order valence-electron chi connectivity index (χ0n) is 12.6. The van der Waals surface area contributed by atoms with Crippen LogP contribution in [-0.4, -0.2) is 19.1 Å². The summed E-state index contributed by atoms with van der Waals surface area (Å²) in [5.41, 5.74) is 3.28. The van der Waals surface area contributed by atoms with Crippen molar-refractivity contribution in [2.24, 2.45) is 5.92 Å². The summed E-state index contributed by atoms with van der Waals surface area (Å²) in [4.78, 5) is 12.2. The smallest absolute Gasteiger partial charge is 0.327 e. The molecule has 1 unspecified atom stereocenters. The van der Waals surface area contributed by atoms with Crippen molar-refractivity contribution in [1.29, 1.82) is 0 Å². The van der Waals surface area contributed by atoms with E-state index in [0.717, 1.165) is 23.2 Å². The van der Waals surface area contributed by atoms with Crippen molar-refractivity contribution in [3.63, 3.8) is 0 Å². The molecule has 0 aliphatic heterocycles. The molecule has 3 heteroatoms. The fourth-order valence-electron chi connectivity index (χ4n) is 2.17. The van der Waals surface area contributed by atoms with Gasteiger partial charge in [-0.1, -0.05) is 32.0 Å². The number of rotatable bonds is 6. The predicted octanol–water partition coefficient (Wildman–Crippen LogP) is 3.15. The summed E-state index contributed by atoms with van der Waals surface area (Å²) in [7, 11) is 0. The first-order valence-electron chi connectivity index (χ1n) is 6.93. The molecule has 1 atom stereocenters. The molecule has 0 bridgehead atoms. The summed E-state index contributed by atoms with van der Waals surface area (Å²) < 4.78 is 5.20. The van der Waals surface area contributed by atoms with Crippen LogP contribution in [0.25, 0.3) is 0 Å². The molecular formula is C16H25NO2. The Labute approximate surface area is 116 Å². The number of nitrogens with one attached hydrogen (secondary N) is 1. The number of benzene rings is 1. The molecule has 0 aromatic heterocycles. The molecule has 1 aromatic carbocycles. The molecule has 3 nitrogen and oxygen atoms in total. The molecule has 0 fully saturated rings. The Hall–Kier alpha value is -1.35. The van der Waals surface area contributed by atoms with Crippen molar-refractivity contribution < 1.29 is 9.53 Å². The van der Waals surface area contributed by atoms with Crippen LogP contribution in [0.5, 0.6) is 0 Å². The van der Waals surface area contributed by atoms with Gasteiger partial charge >= 0.3 is 5.97 Å². The molecular weight excluding hydrogens is 238 g/mol. The monoisotopic (exact) mass is 263 g/mol. The molecule has 0 saturated heterocycles. The summed E-state index contributed by atoms with van der Waals surface area (Å²) in [6.45, 7) is 11.3. The van der Waals surface area contributed by atoms with Gasteiger partial charge in [0.05, 0.1) is 6.61 Å². The third-order valence-electron chi connectivity index (χ3n) is 3.08. The van der Waals surface area contributed by atoms with E-state index in [1.807, 2.05) is 39.0 Å². The second-order valence-electron chi connectivity index (χ2n) is 5.29. The molecule has 106 valence electrons. The van der Waals surface area contributed by atoms with Crippen LogP contribution in [0.1, 0.15) is 43.5 Å². The van der Waals surface area contributed by atoms with E-state index in [-0.39, 0.29) is 12.0 Å². The Balaban J connectivity index is 3.04. The van der Waals surface area contributed by atoms with Crippen molar-refractivity contribution in [3.8, 4) is 0 Å². The summed E-state index contributed by atoms with van der Waals surface area (Å²) >= 11 is 0. The van der Waals surface area contributed by atoms with Gasteiger partial charge in [0.1, 0.15) is 6.04 Å². The van der Waals surface area contributed by atoms with Gasteiger partial charge in [0, 0.05) is 0 Å². The van der Waals surface area contributed by atoms with E-state index in [1.54, 1.807) is 0 Å². The first kappa shape index (κ1) is 15.7. The Bertz CT molecular complexity index is 407. The summed E-state index contributed by atoms with van der Waals surface area (Å²) in [5, 5.41) is 3.33. The minimum atomic E-state index is -0.372. The second kappa shape index (κ2) is 7.29. The predicted molar refractivity (Wildman–Crippen MR) is 78.1 cm³/mol. The van der Waals surface area contributed by atoms with Gasteiger partial charge < -0.3 is 10.1 Å². The summed E-state index contributed by atoms with van der Waals surface area (Å²) in [6, 6.07) is 5.71. The van der Waals surface area contributed by atoms with Crippen molar-refractivity contribution in [3.05, 3.63) is 34.9 Å². The molecule has 19 heavy (non-hydrogen) atoms. The van der Waals surface area contributed by atoms with E-state index in [2.05, 4.69) is 19.2 Å². The molecule has 0 amide bonds. The van der Waals surface area contributed by atoms with Gasteiger partial charge in [0.25, 0.3) is 0 Å². The number of hydrogen-bond donors (Lipinski definition) is 1. The summed E-state index contributed by atoms with van der Waals surface area (Å²) in [5.74, 6) is 0.293. The average molecular weight is 263 g/mol. The highest BCUT2D eigenvalue weighted by Crippen LogP contribution is 2.23. The highest BCUT2D eigenvalue weighted by molar-refractivity contribution is 5.78. The normalized spacial score (nSPS) is 12.5. The van der Waals surface area contributed by atoms with Gasteiger partial charge in [0.2, 0.25) is 0 Å². The SMILES string of the molecule is CCOC(=O)C(NCC(C)C)c1c(C)cccc1C. The Kier molecular flexibility index (Phi) is 6.03. The molecule has 0 heterocycles. The van der Waals surface area contributed by atoms with E-state index >= 15 is 0 Å². The lowest BCUT2D eigenvalue weighted by Gasteiger charge is -2.22. The maximum absolute atomic E-state index is 12.2. The van der Waals surface area contributed by atoms with Gasteiger partial charge in [-0.05, 0) is 49.9 Å². The molecule has 1 aromatic rings. The zero-order chi connectivity index (χ0) is 14.4. The highest BCUT2D eigenvalue weighted by atomic mass is 16.5. The van der Waals surface area contributed by atoms with E-state index in [1.165, 1.54) is 0 Å². The lowest BCUT2D eigenvalue weighted by atomic mass is 9.95. The maximum Gasteiger partial charge on any atom is 0.327 e. The first-order chi connectivity index (χ1) is 8.97. The minimum absolute atomic E-state index is 0.194. The van der Waals surface area contributed by atoms with Crippen LogP contribution >= 0.6 is 0 Å². The minimum Gasteiger partial charge on any atom is -0.465 e. The number of hydrogen-bond acceptors (Lipinski definition) is 3. The van der Waals surface area contributed by atoms with Crippen LogP contribution in [0.2, 0.25) is 0 Å². The van der Waals surface area contributed by atoms with Gasteiger partial charge in [-0.3, -0.25) is 0 Å². The van der Waals surface area contributed by atoms with Gasteiger partial charge in [-0.25, -0.2) is 4.79 Å².